The third-order valence-corrected chi connectivity index (χ3v) is 6.09. The predicted octanol–water partition coefficient (Wildman–Crippen LogP) is 3.20. The molecule has 1 amide bonds. The molecule has 10 nitrogen and oxygen atoms in total. The van der Waals surface area contributed by atoms with Crippen LogP contribution in [0, 0.1) is 12.8 Å². The average Bonchev–Trinajstić information content (AvgIpc) is 3.27. The van der Waals surface area contributed by atoms with Gasteiger partial charge in [0.15, 0.2) is 0 Å². The molecule has 1 saturated heterocycles. The molecule has 0 saturated carbocycles. The predicted molar refractivity (Wildman–Crippen MR) is 142 cm³/mol. The number of carbonyl (C=O) groups excluding carboxylic acids is 1. The van der Waals surface area contributed by atoms with Crippen LogP contribution in [0.5, 0.6) is 0 Å². The van der Waals surface area contributed by atoms with E-state index in [-0.39, 0.29) is 6.04 Å². The number of nitrogens with two attached hydrogens (primary N) is 1. The lowest BCUT2D eigenvalue weighted by Gasteiger charge is -2.21. The molecule has 1 fully saturated rings. The van der Waals surface area contributed by atoms with Crippen molar-refractivity contribution in [2.24, 2.45) is 11.7 Å². The monoisotopic (exact) mass is 489 g/mol. The topological polar surface area (TPSA) is 125 Å². The molecule has 1 aliphatic rings. The Morgan fingerprint density at radius 3 is 2.72 bits per heavy atom. The highest BCUT2D eigenvalue weighted by atomic mass is 16.1. The minimum atomic E-state index is -0.482. The number of carbonyl (C=O) groups is 1. The maximum absolute atomic E-state index is 11.7. The maximum atomic E-state index is 11.7. The second-order valence-corrected chi connectivity index (χ2v) is 9.76. The second kappa shape index (κ2) is 11.3. The first-order valence-electron chi connectivity index (χ1n) is 12.3. The molecule has 3 heterocycles. The van der Waals surface area contributed by atoms with Crippen molar-refractivity contribution in [3.8, 4) is 0 Å². The largest absolute Gasteiger partial charge is 0.366 e. The zero-order valence-corrected chi connectivity index (χ0v) is 21.4. The highest BCUT2D eigenvalue weighted by Crippen LogP contribution is 2.23. The van der Waals surface area contributed by atoms with Crippen molar-refractivity contribution in [1.82, 2.24) is 24.8 Å². The van der Waals surface area contributed by atoms with Gasteiger partial charge in [0.2, 0.25) is 23.8 Å². The lowest BCUT2D eigenvalue weighted by atomic mass is 10.1. The third-order valence-electron chi connectivity index (χ3n) is 6.09. The van der Waals surface area contributed by atoms with Gasteiger partial charge >= 0.3 is 0 Å². The van der Waals surface area contributed by atoms with E-state index in [1.54, 1.807) is 12.1 Å². The molecule has 0 radical (unpaired) electrons. The Morgan fingerprint density at radius 1 is 1.19 bits per heavy atom. The van der Waals surface area contributed by atoms with Gasteiger partial charge in [-0.2, -0.15) is 15.0 Å². The molecule has 36 heavy (non-hydrogen) atoms. The lowest BCUT2D eigenvalue weighted by molar-refractivity contribution is 0.100. The highest BCUT2D eigenvalue weighted by molar-refractivity contribution is 5.94. The fraction of sp³-hybridized carbons (Fsp3) is 0.423. The molecule has 0 aliphatic carbocycles. The molecule has 190 valence electrons. The van der Waals surface area contributed by atoms with Gasteiger partial charge in [-0.15, -0.1) is 0 Å². The summed E-state index contributed by atoms with van der Waals surface area (Å²) in [6.07, 6.45) is 2.81. The van der Waals surface area contributed by atoms with Crippen molar-refractivity contribution in [1.29, 1.82) is 0 Å². The van der Waals surface area contributed by atoms with E-state index in [1.807, 2.05) is 43.3 Å². The van der Waals surface area contributed by atoms with Gasteiger partial charge in [0.05, 0.1) is 5.69 Å². The quantitative estimate of drug-likeness (QED) is 0.394. The van der Waals surface area contributed by atoms with Crippen molar-refractivity contribution >= 4 is 29.4 Å². The van der Waals surface area contributed by atoms with Crippen LogP contribution in [0.15, 0.2) is 42.6 Å². The number of likely N-dealkylation sites (tertiary alicyclic amines) is 1. The number of anilines is 4. The van der Waals surface area contributed by atoms with E-state index >= 15 is 0 Å². The average molecular weight is 490 g/mol. The summed E-state index contributed by atoms with van der Waals surface area (Å²) < 4.78 is 0. The molecule has 10 heteroatoms. The van der Waals surface area contributed by atoms with Gasteiger partial charge < -0.3 is 21.3 Å². The van der Waals surface area contributed by atoms with Crippen molar-refractivity contribution in [3.05, 3.63) is 59.4 Å². The Labute approximate surface area is 212 Å². The number of benzene rings is 1. The van der Waals surface area contributed by atoms with Crippen LogP contribution in [0.3, 0.4) is 0 Å². The van der Waals surface area contributed by atoms with Crippen LogP contribution < -0.4 is 21.3 Å². The Hall–Kier alpha value is -3.79. The van der Waals surface area contributed by atoms with Crippen molar-refractivity contribution < 1.29 is 4.79 Å². The highest BCUT2D eigenvalue weighted by Gasteiger charge is 2.24. The van der Waals surface area contributed by atoms with Crippen LogP contribution in [0.2, 0.25) is 0 Å². The van der Waals surface area contributed by atoms with Crippen LogP contribution in [0.1, 0.15) is 41.9 Å². The summed E-state index contributed by atoms with van der Waals surface area (Å²) in [5, 5.41) is 6.78. The summed E-state index contributed by atoms with van der Waals surface area (Å²) in [7, 11) is 1.98. The molecular weight excluding hydrogens is 454 g/mol. The van der Waals surface area contributed by atoms with Crippen LogP contribution >= 0.6 is 0 Å². The normalized spacial score (nSPS) is 15.8. The minimum absolute atomic E-state index is 0.215. The first-order chi connectivity index (χ1) is 17.3. The zero-order chi connectivity index (χ0) is 25.7. The first kappa shape index (κ1) is 25.3. The summed E-state index contributed by atoms with van der Waals surface area (Å²) in [4.78, 5) is 34.6. The van der Waals surface area contributed by atoms with Crippen LogP contribution in [-0.4, -0.2) is 63.5 Å². The van der Waals surface area contributed by atoms with Crippen LogP contribution in [-0.2, 0) is 6.54 Å². The molecule has 1 unspecified atom stereocenters. The number of aromatic nitrogens is 4. The summed E-state index contributed by atoms with van der Waals surface area (Å²) in [6, 6.07) is 11.5. The van der Waals surface area contributed by atoms with E-state index in [0.717, 1.165) is 49.5 Å². The van der Waals surface area contributed by atoms with Gasteiger partial charge in [0.25, 0.3) is 0 Å². The summed E-state index contributed by atoms with van der Waals surface area (Å²) in [5.41, 5.74) is 8.64. The van der Waals surface area contributed by atoms with Gasteiger partial charge in [-0.05, 0) is 49.1 Å². The van der Waals surface area contributed by atoms with Crippen molar-refractivity contribution in [3.63, 3.8) is 0 Å². The standard InChI is InChI=1S/C26H35N9O/c1-17(2)14-34(4)26-32-24(29-21-10-12-35(16-21)15-20-7-5-6-11-28-20)31-25(33-26)30-22-13-19(23(27)36)9-8-18(22)3/h5-9,11,13,17,21H,10,12,14-16H2,1-4H3,(H2,27,36)(H2,29,30,31,32,33). The number of aryl methyl sites for hydroxylation is 1. The molecule has 4 rings (SSSR count). The molecule has 3 aromatic rings. The molecule has 4 N–H and O–H groups in total. The number of amides is 1. The molecule has 1 aliphatic heterocycles. The van der Waals surface area contributed by atoms with Crippen molar-refractivity contribution in [2.45, 2.75) is 39.8 Å². The van der Waals surface area contributed by atoms with Gasteiger partial charge in [0.1, 0.15) is 0 Å². The Bertz CT molecular complexity index is 1190. The summed E-state index contributed by atoms with van der Waals surface area (Å²) in [5.74, 6) is 1.47. The summed E-state index contributed by atoms with van der Waals surface area (Å²) >= 11 is 0. The number of rotatable bonds is 10. The second-order valence-electron chi connectivity index (χ2n) is 9.76. The smallest absolute Gasteiger partial charge is 0.248 e. The number of hydrogen-bond donors (Lipinski definition) is 3. The number of pyridine rings is 1. The molecule has 2 aromatic heterocycles. The van der Waals surface area contributed by atoms with Crippen LogP contribution in [0.25, 0.3) is 0 Å². The number of nitrogens with zero attached hydrogens (tertiary/aromatic N) is 6. The van der Waals surface area contributed by atoms with Gasteiger partial charge in [-0.1, -0.05) is 26.0 Å². The fourth-order valence-electron chi connectivity index (χ4n) is 4.31. The van der Waals surface area contributed by atoms with E-state index in [0.29, 0.717) is 29.3 Å². The Balaban J connectivity index is 1.53. The SMILES string of the molecule is Cc1ccc(C(N)=O)cc1Nc1nc(NC2CCN(Cc3ccccn3)C2)nc(N(C)CC(C)C)n1. The lowest BCUT2D eigenvalue weighted by Crippen LogP contribution is -2.28. The van der Waals surface area contributed by atoms with E-state index in [4.69, 9.17) is 10.7 Å². The van der Waals surface area contributed by atoms with Gasteiger partial charge in [-0.25, -0.2) is 0 Å². The number of hydrogen-bond acceptors (Lipinski definition) is 9. The van der Waals surface area contributed by atoms with E-state index < -0.39 is 5.91 Å². The third kappa shape index (κ3) is 6.66. The zero-order valence-electron chi connectivity index (χ0n) is 21.4. The van der Waals surface area contributed by atoms with Gasteiger partial charge in [-0.3, -0.25) is 14.7 Å². The molecular formula is C26H35N9O. The van der Waals surface area contributed by atoms with Crippen LogP contribution in [0.4, 0.5) is 23.5 Å². The Kier molecular flexibility index (Phi) is 7.94. The molecule has 1 aromatic carbocycles. The number of primary amides is 1. The Morgan fingerprint density at radius 2 is 2.00 bits per heavy atom. The van der Waals surface area contributed by atoms with E-state index in [9.17, 15) is 4.79 Å². The molecule has 0 bridgehead atoms. The molecule has 1 atom stereocenters. The van der Waals surface area contributed by atoms with E-state index in [2.05, 4.69) is 50.4 Å². The van der Waals surface area contributed by atoms with E-state index in [1.165, 1.54) is 0 Å². The minimum Gasteiger partial charge on any atom is -0.366 e. The van der Waals surface area contributed by atoms with Gasteiger partial charge in [0, 0.05) is 56.7 Å². The maximum Gasteiger partial charge on any atom is 0.248 e. The fourth-order valence-corrected chi connectivity index (χ4v) is 4.31. The first-order valence-corrected chi connectivity index (χ1v) is 12.3. The van der Waals surface area contributed by atoms with Crippen molar-refractivity contribution in [2.75, 3.05) is 42.2 Å². The summed E-state index contributed by atoms with van der Waals surface area (Å²) in [6.45, 7) is 9.74. The molecule has 0 spiro atoms. The number of nitrogens with one attached hydrogen (secondary N) is 2.